The molecule has 0 radical (unpaired) electrons. The lowest BCUT2D eigenvalue weighted by Gasteiger charge is -2.15. The molecule has 1 N–H and O–H groups in total. The van der Waals surface area contributed by atoms with Gasteiger partial charge >= 0.3 is 0 Å². The lowest BCUT2D eigenvalue weighted by molar-refractivity contribution is -0.118. The minimum atomic E-state index is -0.540. The van der Waals surface area contributed by atoms with E-state index in [1.165, 1.54) is 22.9 Å². The van der Waals surface area contributed by atoms with Crippen LogP contribution in [-0.2, 0) is 4.79 Å². The highest BCUT2D eigenvalue weighted by Crippen LogP contribution is 2.33. The van der Waals surface area contributed by atoms with Gasteiger partial charge < -0.3 is 14.8 Å². The summed E-state index contributed by atoms with van der Waals surface area (Å²) in [5.74, 6) is 0.168. The van der Waals surface area contributed by atoms with E-state index in [0.717, 1.165) is 10.9 Å². The number of fused-ring (bicyclic) bond motifs is 1. The van der Waals surface area contributed by atoms with E-state index >= 15 is 0 Å². The van der Waals surface area contributed by atoms with Gasteiger partial charge in [-0.1, -0.05) is 41.9 Å². The molecular weight excluding hydrogens is 647 g/mol. The average molecular weight is 674 g/mol. The van der Waals surface area contributed by atoms with Crippen LogP contribution in [-0.4, -0.2) is 35.0 Å². The number of halogens is 3. The van der Waals surface area contributed by atoms with Gasteiger partial charge in [0, 0.05) is 20.4 Å². The van der Waals surface area contributed by atoms with Crippen LogP contribution in [0.4, 0.5) is 10.1 Å². The number of hydrogen-bond donors (Lipinski definition) is 1. The number of benzene rings is 3. The molecule has 4 rings (SSSR count). The molecule has 0 saturated carbocycles. The Kier molecular flexibility index (Phi) is 9.70. The van der Waals surface area contributed by atoms with Gasteiger partial charge in [0.05, 0.1) is 29.4 Å². The van der Waals surface area contributed by atoms with E-state index in [1.54, 1.807) is 36.5 Å². The number of nitrogens with zero attached hydrogens (tertiary/aromatic N) is 3. The maximum Gasteiger partial charge on any atom is 0.282 e. The summed E-state index contributed by atoms with van der Waals surface area (Å²) in [4.78, 5) is 30.5. The summed E-state index contributed by atoms with van der Waals surface area (Å²) in [6, 6.07) is 14.6. The predicted molar refractivity (Wildman–Crippen MR) is 161 cm³/mol. The number of amides is 1. The van der Waals surface area contributed by atoms with Crippen LogP contribution in [0, 0.1) is 5.82 Å². The van der Waals surface area contributed by atoms with E-state index in [0.29, 0.717) is 44.9 Å². The van der Waals surface area contributed by atoms with Gasteiger partial charge in [-0.2, -0.15) is 9.78 Å². The van der Waals surface area contributed by atoms with Crippen molar-refractivity contribution in [2.24, 2.45) is 5.10 Å². The normalized spacial score (nSPS) is 12.1. The molecule has 0 fully saturated rings. The first-order valence-corrected chi connectivity index (χ1v) is 14.2. The first-order chi connectivity index (χ1) is 19.2. The Morgan fingerprint density at radius 2 is 1.88 bits per heavy atom. The zero-order valence-electron chi connectivity index (χ0n) is 22.1. The second kappa shape index (κ2) is 13.2. The summed E-state index contributed by atoms with van der Waals surface area (Å²) in [7, 11) is 0. The molecule has 0 unspecified atom stereocenters. The van der Waals surface area contributed by atoms with Gasteiger partial charge in [-0.3, -0.25) is 9.59 Å². The van der Waals surface area contributed by atoms with E-state index in [-0.39, 0.29) is 23.8 Å². The first-order valence-electron chi connectivity index (χ1n) is 12.6. The van der Waals surface area contributed by atoms with Crippen molar-refractivity contribution in [3.05, 3.63) is 91.1 Å². The quantitative estimate of drug-likeness (QED) is 0.185. The van der Waals surface area contributed by atoms with Crippen LogP contribution in [0.1, 0.15) is 44.5 Å². The van der Waals surface area contributed by atoms with Gasteiger partial charge in [0.25, 0.3) is 11.5 Å². The van der Waals surface area contributed by atoms with Crippen LogP contribution < -0.4 is 20.3 Å². The zero-order chi connectivity index (χ0) is 28.8. The molecule has 0 aliphatic rings. The smallest absolute Gasteiger partial charge is 0.282 e. The van der Waals surface area contributed by atoms with Gasteiger partial charge in [-0.15, -0.1) is 0 Å². The molecule has 0 saturated heterocycles. The fraction of sp³-hybridized carbons (Fsp3) is 0.241. The summed E-state index contributed by atoms with van der Waals surface area (Å²) in [6.07, 6.45) is 2.32. The second-order valence-electron chi connectivity index (χ2n) is 8.87. The highest BCUT2D eigenvalue weighted by molar-refractivity contribution is 9.10. The van der Waals surface area contributed by atoms with E-state index < -0.39 is 11.7 Å². The third-order valence-corrected chi connectivity index (χ3v) is 7.25. The molecule has 0 bridgehead atoms. The lowest BCUT2D eigenvalue weighted by Crippen LogP contribution is -2.23. The standard InChI is InChI=1S/C29H27Br2FN4O4/c1-4-17(3)28-35-23-11-10-19(30)13-20(23)29(38)36(28)33-15-18-12-25(39-5-2)26(14-21(18)31)40-16-27(37)34-24-9-7-6-8-22(24)32/h6-15,17H,4-5,16H2,1-3H3,(H,34,37)/t17-/m0/s1. The Labute approximate surface area is 247 Å². The molecule has 8 nitrogen and oxygen atoms in total. The summed E-state index contributed by atoms with van der Waals surface area (Å²) in [6.45, 7) is 5.83. The highest BCUT2D eigenvalue weighted by atomic mass is 79.9. The van der Waals surface area contributed by atoms with Crippen molar-refractivity contribution in [2.45, 2.75) is 33.1 Å². The largest absolute Gasteiger partial charge is 0.490 e. The van der Waals surface area contributed by atoms with Crippen molar-refractivity contribution in [1.29, 1.82) is 0 Å². The van der Waals surface area contributed by atoms with Crippen LogP contribution in [0.15, 0.2) is 73.4 Å². The molecule has 0 aliphatic heterocycles. The molecule has 1 aromatic heterocycles. The Balaban J connectivity index is 1.63. The number of hydrogen-bond acceptors (Lipinski definition) is 6. The molecule has 11 heteroatoms. The second-order valence-corrected chi connectivity index (χ2v) is 10.6. The number of carbonyl (C=O) groups excluding carboxylic acids is 1. The van der Waals surface area contributed by atoms with Gasteiger partial charge in [-0.05, 0) is 71.7 Å². The van der Waals surface area contributed by atoms with E-state index in [2.05, 4.69) is 42.3 Å². The maximum absolute atomic E-state index is 13.9. The molecule has 4 aromatic rings. The summed E-state index contributed by atoms with van der Waals surface area (Å²) >= 11 is 6.94. The zero-order valence-corrected chi connectivity index (χ0v) is 25.3. The topological polar surface area (TPSA) is 94.8 Å². The fourth-order valence-corrected chi connectivity index (χ4v) is 4.61. The van der Waals surface area contributed by atoms with Crippen molar-refractivity contribution in [1.82, 2.24) is 9.66 Å². The Bertz CT molecular complexity index is 1640. The summed E-state index contributed by atoms with van der Waals surface area (Å²) < 4.78 is 28.0. The minimum Gasteiger partial charge on any atom is -0.490 e. The number of para-hydroxylation sites is 1. The SMILES string of the molecule is CCOc1cc(C=Nn2c([C@@H](C)CC)nc3ccc(Br)cc3c2=O)c(Br)cc1OCC(=O)Nc1ccccc1F. The number of nitrogens with one attached hydrogen (secondary N) is 1. The molecule has 1 amide bonds. The van der Waals surface area contributed by atoms with E-state index in [4.69, 9.17) is 14.5 Å². The Hall–Kier alpha value is -3.57. The number of anilines is 1. The summed E-state index contributed by atoms with van der Waals surface area (Å²) in [5, 5.41) is 7.45. The van der Waals surface area contributed by atoms with Crippen LogP contribution in [0.25, 0.3) is 10.9 Å². The minimum absolute atomic E-state index is 0.00777. The molecule has 1 atom stereocenters. The number of carbonyl (C=O) groups is 1. The number of rotatable bonds is 10. The molecule has 3 aromatic carbocycles. The Morgan fingerprint density at radius 3 is 2.60 bits per heavy atom. The van der Waals surface area contributed by atoms with Crippen molar-refractivity contribution in [2.75, 3.05) is 18.5 Å². The third kappa shape index (κ3) is 6.76. The van der Waals surface area contributed by atoms with Crippen molar-refractivity contribution in [3.63, 3.8) is 0 Å². The van der Waals surface area contributed by atoms with Gasteiger partial charge in [0.2, 0.25) is 0 Å². The molecular formula is C29H27Br2FN4O4. The Morgan fingerprint density at radius 1 is 1.12 bits per heavy atom. The average Bonchev–Trinajstić information content (AvgIpc) is 2.94. The molecule has 40 heavy (non-hydrogen) atoms. The van der Waals surface area contributed by atoms with Crippen LogP contribution in [0.5, 0.6) is 11.5 Å². The van der Waals surface area contributed by atoms with Crippen molar-refractivity contribution >= 4 is 60.6 Å². The van der Waals surface area contributed by atoms with Crippen molar-refractivity contribution in [3.8, 4) is 11.5 Å². The molecule has 0 aliphatic carbocycles. The number of ether oxygens (including phenoxy) is 2. The maximum atomic E-state index is 13.9. The van der Waals surface area contributed by atoms with E-state index in [1.807, 2.05) is 26.8 Å². The predicted octanol–water partition coefficient (Wildman–Crippen LogP) is 6.87. The molecule has 0 spiro atoms. The van der Waals surface area contributed by atoms with Gasteiger partial charge in [-0.25, -0.2) is 9.37 Å². The lowest BCUT2D eigenvalue weighted by atomic mass is 10.1. The first kappa shape index (κ1) is 29.4. The van der Waals surface area contributed by atoms with E-state index in [9.17, 15) is 14.0 Å². The fourth-order valence-electron chi connectivity index (χ4n) is 3.82. The monoisotopic (exact) mass is 672 g/mol. The number of aromatic nitrogens is 2. The van der Waals surface area contributed by atoms with Crippen molar-refractivity contribution < 1.29 is 18.7 Å². The van der Waals surface area contributed by atoms with Crippen LogP contribution in [0.3, 0.4) is 0 Å². The molecule has 208 valence electrons. The van der Waals surface area contributed by atoms with Crippen LogP contribution in [0.2, 0.25) is 0 Å². The summed E-state index contributed by atoms with van der Waals surface area (Å²) in [5.41, 5.74) is 1.01. The van der Waals surface area contributed by atoms with Crippen LogP contribution >= 0.6 is 31.9 Å². The third-order valence-electron chi connectivity index (χ3n) is 6.07. The van der Waals surface area contributed by atoms with Gasteiger partial charge in [0.15, 0.2) is 18.1 Å². The highest BCUT2D eigenvalue weighted by Gasteiger charge is 2.17. The molecule has 1 heterocycles. The van der Waals surface area contributed by atoms with Gasteiger partial charge in [0.1, 0.15) is 11.6 Å².